The Morgan fingerprint density at radius 2 is 2.20 bits per heavy atom. The minimum Gasteiger partial charge on any atom is -0.480 e. The highest BCUT2D eigenvalue weighted by atomic mass is 32.2. The molecule has 0 aliphatic carbocycles. The zero-order valence-electron chi connectivity index (χ0n) is 9.36. The van der Waals surface area contributed by atoms with E-state index in [1.165, 1.54) is 18.7 Å². The fourth-order valence-corrected chi connectivity index (χ4v) is 1.64. The lowest BCUT2D eigenvalue weighted by Crippen LogP contribution is -2.47. The van der Waals surface area contributed by atoms with Crippen LogP contribution in [0.25, 0.3) is 0 Å². The molecular formula is C9H19N3O2S. The molecule has 0 aromatic heterocycles. The smallest absolute Gasteiger partial charge is 0.324 e. The van der Waals surface area contributed by atoms with Crippen molar-refractivity contribution in [3.05, 3.63) is 0 Å². The number of rotatable bonds is 6. The number of hydrogen-bond donors (Lipinski definition) is 3. The van der Waals surface area contributed by atoms with Gasteiger partial charge in [-0.15, -0.1) is 0 Å². The number of carboxylic acid groups (broad SMARTS) is 1. The van der Waals surface area contributed by atoms with Crippen LogP contribution in [0.1, 0.15) is 20.8 Å². The molecule has 15 heavy (non-hydrogen) atoms. The Labute approximate surface area is 94.3 Å². The largest absolute Gasteiger partial charge is 0.480 e. The van der Waals surface area contributed by atoms with Crippen LogP contribution >= 0.6 is 11.8 Å². The van der Waals surface area contributed by atoms with Crippen LogP contribution in [0.5, 0.6) is 0 Å². The van der Waals surface area contributed by atoms with Gasteiger partial charge in [-0.3, -0.25) is 9.79 Å². The molecule has 0 rings (SSSR count). The quantitative estimate of drug-likeness (QED) is 0.452. The summed E-state index contributed by atoms with van der Waals surface area (Å²) in [5, 5.41) is 9.00. The molecule has 0 unspecified atom stereocenters. The molecule has 0 saturated heterocycles. The molecule has 0 aliphatic heterocycles. The van der Waals surface area contributed by atoms with Crippen LogP contribution in [0.3, 0.4) is 0 Å². The minimum absolute atomic E-state index is 0.214. The van der Waals surface area contributed by atoms with Gasteiger partial charge in [0.1, 0.15) is 5.54 Å². The molecule has 0 radical (unpaired) electrons. The molecular weight excluding hydrogens is 214 g/mol. The predicted octanol–water partition coefficient (Wildman–Crippen LogP) is 0.287. The van der Waals surface area contributed by atoms with Gasteiger partial charge in [-0.1, -0.05) is 6.92 Å². The van der Waals surface area contributed by atoms with Crippen molar-refractivity contribution in [3.63, 3.8) is 0 Å². The van der Waals surface area contributed by atoms with E-state index in [2.05, 4.69) is 4.99 Å². The lowest BCUT2D eigenvalue weighted by Gasteiger charge is -2.20. The number of aliphatic imine (C=N–C) groups is 1. The molecule has 0 amide bonds. The van der Waals surface area contributed by atoms with Gasteiger partial charge in [0.05, 0.1) is 12.4 Å². The van der Waals surface area contributed by atoms with Gasteiger partial charge in [0, 0.05) is 11.0 Å². The first-order valence-corrected chi connectivity index (χ1v) is 5.71. The molecule has 6 heteroatoms. The first kappa shape index (κ1) is 14.2. The van der Waals surface area contributed by atoms with Gasteiger partial charge in [-0.2, -0.15) is 11.8 Å². The number of aliphatic carboxylic acids is 1. The molecule has 0 heterocycles. The molecule has 0 bridgehead atoms. The normalized spacial score (nSPS) is 18.3. The van der Waals surface area contributed by atoms with Gasteiger partial charge < -0.3 is 16.6 Å². The van der Waals surface area contributed by atoms with E-state index in [1.807, 2.05) is 6.92 Å². The molecule has 0 spiro atoms. The van der Waals surface area contributed by atoms with E-state index < -0.39 is 11.5 Å². The van der Waals surface area contributed by atoms with Crippen molar-refractivity contribution in [2.45, 2.75) is 31.6 Å². The maximum absolute atomic E-state index is 10.7. The van der Waals surface area contributed by atoms with Crippen LogP contribution in [-0.2, 0) is 4.79 Å². The standard InChI is InChI=1S/C9H19N3O2S/c1-6(4-12-7(2)10)15-5-9(3,11)8(13)14/h6H,4-5,11H2,1-3H3,(H2,10,12)(H,13,14)/t6-,9+/m0/s1. The molecule has 0 aromatic rings. The lowest BCUT2D eigenvalue weighted by molar-refractivity contribution is -0.141. The van der Waals surface area contributed by atoms with Crippen LogP contribution in [0.15, 0.2) is 4.99 Å². The summed E-state index contributed by atoms with van der Waals surface area (Å²) in [5.74, 6) is -0.0836. The lowest BCUT2D eigenvalue weighted by atomic mass is 10.1. The monoisotopic (exact) mass is 233 g/mol. The van der Waals surface area contributed by atoms with Crippen molar-refractivity contribution in [2.24, 2.45) is 16.5 Å². The Morgan fingerprint density at radius 1 is 1.67 bits per heavy atom. The minimum atomic E-state index is -1.18. The first-order chi connectivity index (χ1) is 6.75. The molecule has 2 atom stereocenters. The number of hydrogen-bond acceptors (Lipinski definition) is 4. The van der Waals surface area contributed by atoms with Crippen LogP contribution in [0.2, 0.25) is 0 Å². The molecule has 5 N–H and O–H groups in total. The van der Waals surface area contributed by atoms with Crippen LogP contribution in [0.4, 0.5) is 0 Å². The van der Waals surface area contributed by atoms with Crippen molar-refractivity contribution < 1.29 is 9.90 Å². The fraction of sp³-hybridized carbons (Fsp3) is 0.778. The summed E-state index contributed by atoms with van der Waals surface area (Å²) in [6.07, 6.45) is 0. The second kappa shape index (κ2) is 5.97. The summed E-state index contributed by atoms with van der Waals surface area (Å²) >= 11 is 1.49. The number of nitrogens with zero attached hydrogens (tertiary/aromatic N) is 1. The van der Waals surface area contributed by atoms with Crippen molar-refractivity contribution in [1.29, 1.82) is 0 Å². The van der Waals surface area contributed by atoms with Gasteiger partial charge in [0.15, 0.2) is 0 Å². The number of thioether (sulfide) groups is 1. The Balaban J connectivity index is 3.95. The van der Waals surface area contributed by atoms with E-state index in [4.69, 9.17) is 16.6 Å². The summed E-state index contributed by atoms with van der Waals surface area (Å²) in [5.41, 5.74) is 9.80. The van der Waals surface area contributed by atoms with Crippen molar-refractivity contribution in [2.75, 3.05) is 12.3 Å². The third kappa shape index (κ3) is 6.35. The van der Waals surface area contributed by atoms with Gasteiger partial charge in [0.2, 0.25) is 0 Å². The van der Waals surface area contributed by atoms with Crippen LogP contribution in [0, 0.1) is 0 Å². The van der Waals surface area contributed by atoms with E-state index in [0.29, 0.717) is 18.1 Å². The van der Waals surface area contributed by atoms with Gasteiger partial charge in [-0.05, 0) is 13.8 Å². The van der Waals surface area contributed by atoms with Gasteiger partial charge >= 0.3 is 5.97 Å². The van der Waals surface area contributed by atoms with E-state index in [0.717, 1.165) is 0 Å². The summed E-state index contributed by atoms with van der Waals surface area (Å²) < 4.78 is 0. The molecule has 0 saturated carbocycles. The third-order valence-electron chi connectivity index (χ3n) is 1.75. The van der Waals surface area contributed by atoms with E-state index in [9.17, 15) is 4.79 Å². The zero-order chi connectivity index (χ0) is 12.1. The second-order valence-corrected chi connectivity index (χ2v) is 5.25. The van der Waals surface area contributed by atoms with Crippen molar-refractivity contribution in [1.82, 2.24) is 0 Å². The summed E-state index contributed by atoms with van der Waals surface area (Å²) in [6.45, 7) is 5.78. The maximum Gasteiger partial charge on any atom is 0.324 e. The highest BCUT2D eigenvalue weighted by molar-refractivity contribution is 8.00. The molecule has 0 fully saturated rings. The molecule has 5 nitrogen and oxygen atoms in total. The number of carboxylic acids is 1. The Morgan fingerprint density at radius 3 is 2.60 bits per heavy atom. The van der Waals surface area contributed by atoms with Crippen LogP contribution < -0.4 is 11.5 Å². The number of nitrogens with two attached hydrogens (primary N) is 2. The number of amidine groups is 1. The summed E-state index contributed by atoms with van der Waals surface area (Å²) in [6, 6.07) is 0. The highest BCUT2D eigenvalue weighted by Gasteiger charge is 2.28. The maximum atomic E-state index is 10.7. The predicted molar refractivity (Wildman–Crippen MR) is 64.3 cm³/mol. The average Bonchev–Trinajstić information content (AvgIpc) is 2.11. The average molecular weight is 233 g/mol. The van der Waals surface area contributed by atoms with E-state index in [-0.39, 0.29) is 5.25 Å². The first-order valence-electron chi connectivity index (χ1n) is 4.66. The summed E-state index contributed by atoms with van der Waals surface area (Å²) in [7, 11) is 0. The zero-order valence-corrected chi connectivity index (χ0v) is 10.2. The van der Waals surface area contributed by atoms with E-state index >= 15 is 0 Å². The SMILES string of the molecule is CC(N)=NC[C@H](C)SC[C@@](C)(N)C(=O)O. The third-order valence-corrected chi connectivity index (χ3v) is 3.24. The molecule has 0 aliphatic rings. The van der Waals surface area contributed by atoms with Gasteiger partial charge in [-0.25, -0.2) is 0 Å². The highest BCUT2D eigenvalue weighted by Crippen LogP contribution is 2.16. The molecule has 0 aromatic carbocycles. The second-order valence-electron chi connectivity index (χ2n) is 3.83. The Kier molecular flexibility index (Phi) is 5.67. The van der Waals surface area contributed by atoms with Gasteiger partial charge in [0.25, 0.3) is 0 Å². The number of carbonyl (C=O) groups is 1. The Hall–Kier alpha value is -0.750. The summed E-state index contributed by atoms with van der Waals surface area (Å²) in [4.78, 5) is 14.8. The van der Waals surface area contributed by atoms with Crippen molar-refractivity contribution >= 4 is 23.6 Å². The van der Waals surface area contributed by atoms with E-state index in [1.54, 1.807) is 6.92 Å². The topological polar surface area (TPSA) is 102 Å². The molecule has 88 valence electrons. The Bertz CT molecular complexity index is 250. The van der Waals surface area contributed by atoms with Crippen molar-refractivity contribution in [3.8, 4) is 0 Å². The fourth-order valence-electron chi connectivity index (χ4n) is 0.702. The van der Waals surface area contributed by atoms with Crippen LogP contribution in [-0.4, -0.2) is 40.0 Å².